The van der Waals surface area contributed by atoms with Crippen LogP contribution in [0.4, 0.5) is 43.9 Å². The van der Waals surface area contributed by atoms with Gasteiger partial charge in [0.1, 0.15) is 90.8 Å². The molecule has 7 aromatic heterocycles. The molecule has 2 aliphatic rings. The van der Waals surface area contributed by atoms with Gasteiger partial charge in [-0.15, -0.1) is 0 Å². The lowest BCUT2D eigenvalue weighted by Crippen LogP contribution is -2.24. The summed E-state index contributed by atoms with van der Waals surface area (Å²) in [5, 5.41) is 60.0. The van der Waals surface area contributed by atoms with Crippen molar-refractivity contribution in [1.29, 1.82) is 0 Å². The third kappa shape index (κ3) is 21.5. The Balaban J connectivity index is 0.000000155. The lowest BCUT2D eigenvalue weighted by molar-refractivity contribution is -0.165. The van der Waals surface area contributed by atoms with Gasteiger partial charge < -0.3 is 83.5 Å². The molecule has 0 aliphatic carbocycles. The molecule has 0 amide bonds. The van der Waals surface area contributed by atoms with E-state index in [4.69, 9.17) is 53.2 Å². The Hall–Kier alpha value is -10.4. The number of ether oxygens (including phenoxy) is 8. The monoisotopic (exact) mass is 1720 g/mol. The van der Waals surface area contributed by atoms with E-state index in [0.29, 0.717) is 60.8 Å². The van der Waals surface area contributed by atoms with Gasteiger partial charge >= 0.3 is 0 Å². The normalized spacial score (nSPS) is 14.7. The number of aliphatic hydroxyl groups is 5. The smallest absolute Gasteiger partial charge is 0.178 e. The molecular formula is C79H71Br2F10N7O16. The largest absolute Gasteiger partial charge is 0.505 e. The molecule has 0 spiro atoms. The quantitative estimate of drug-likeness (QED) is 0.0146. The molecule has 602 valence electrons. The number of hydrogen-bond donors (Lipinski definition) is 9. The first-order chi connectivity index (χ1) is 55.0. The molecule has 5 atom stereocenters. The number of aromatic nitrogens is 7. The fourth-order valence-corrected chi connectivity index (χ4v) is 12.3. The summed E-state index contributed by atoms with van der Waals surface area (Å²) in [6.07, 6.45) is 13.3. The zero-order valence-electron chi connectivity index (χ0n) is 59.7. The van der Waals surface area contributed by atoms with E-state index in [1.54, 1.807) is 55.2 Å². The van der Waals surface area contributed by atoms with Gasteiger partial charge in [0.15, 0.2) is 83.0 Å². The highest BCUT2D eigenvalue weighted by Crippen LogP contribution is 2.40. The molecule has 14 rings (SSSR count). The van der Waals surface area contributed by atoms with Gasteiger partial charge in [-0.25, -0.2) is 58.9 Å². The Labute approximate surface area is 658 Å². The minimum absolute atomic E-state index is 0.0182. The van der Waals surface area contributed by atoms with Crippen LogP contribution in [0.2, 0.25) is 0 Å². The summed E-state index contributed by atoms with van der Waals surface area (Å²) >= 11 is 6.59. The van der Waals surface area contributed by atoms with E-state index >= 15 is 4.39 Å². The Morgan fingerprint density at radius 2 is 0.842 bits per heavy atom. The first kappa shape index (κ1) is 86.0. The molecule has 35 heteroatoms. The second-order valence-electron chi connectivity index (χ2n) is 24.7. The summed E-state index contributed by atoms with van der Waals surface area (Å²) in [7, 11) is 0. The average Bonchev–Trinajstić information content (AvgIpc) is 1.59. The molecule has 5 aromatic carbocycles. The van der Waals surface area contributed by atoms with Gasteiger partial charge in [0.2, 0.25) is 0 Å². The number of rotatable bonds is 25. The van der Waals surface area contributed by atoms with E-state index in [0.717, 1.165) is 104 Å². The van der Waals surface area contributed by atoms with Crippen LogP contribution in [0.25, 0.3) is 44.2 Å². The van der Waals surface area contributed by atoms with Crippen molar-refractivity contribution < 1.29 is 122 Å². The van der Waals surface area contributed by atoms with Crippen LogP contribution in [0.1, 0.15) is 111 Å². The Morgan fingerprint density at radius 3 is 1.23 bits per heavy atom. The third-order valence-corrected chi connectivity index (χ3v) is 18.2. The number of nitrogens with one attached hydrogen (secondary N) is 3. The maximum Gasteiger partial charge on any atom is 0.178 e. The number of aromatic hydroxyl groups is 1. The van der Waals surface area contributed by atoms with Gasteiger partial charge in [0.25, 0.3) is 0 Å². The van der Waals surface area contributed by atoms with Gasteiger partial charge in [-0.05, 0) is 155 Å². The number of pyridine rings is 4. The zero-order chi connectivity index (χ0) is 81.5. The van der Waals surface area contributed by atoms with Crippen LogP contribution >= 0.6 is 31.9 Å². The second-order valence-corrected chi connectivity index (χ2v) is 26.5. The molecule has 23 nitrogen and oxygen atoms in total. The summed E-state index contributed by atoms with van der Waals surface area (Å²) in [4.78, 5) is 45.9. The predicted molar refractivity (Wildman–Crippen MR) is 399 cm³/mol. The Morgan fingerprint density at radius 1 is 0.456 bits per heavy atom. The minimum Gasteiger partial charge on any atom is -0.505 e. The molecular weight excluding hydrogens is 1650 g/mol. The number of carbonyl (C=O) groups excluding carboxylic acids is 2. The number of aliphatic hydroxyl groups excluding tert-OH is 5. The molecule has 114 heavy (non-hydrogen) atoms. The van der Waals surface area contributed by atoms with Crippen molar-refractivity contribution in [2.75, 3.05) is 66.1 Å². The topological polar surface area (TPSA) is 328 Å². The van der Waals surface area contributed by atoms with Crippen LogP contribution in [0.15, 0.2) is 150 Å². The maximum absolute atomic E-state index is 15.0. The van der Waals surface area contributed by atoms with E-state index in [2.05, 4.69) is 66.7 Å². The van der Waals surface area contributed by atoms with Crippen LogP contribution in [0.5, 0.6) is 28.7 Å². The highest BCUT2D eigenvalue weighted by molar-refractivity contribution is 9.10. The maximum atomic E-state index is 15.0. The van der Waals surface area contributed by atoms with E-state index in [-0.39, 0.29) is 112 Å². The lowest BCUT2D eigenvalue weighted by Gasteiger charge is -2.22. The first-order valence-electron chi connectivity index (χ1n) is 34.9. The highest BCUT2D eigenvalue weighted by Gasteiger charge is 2.30. The number of nitrogens with zero attached hydrogens (tertiary/aromatic N) is 4. The van der Waals surface area contributed by atoms with Crippen LogP contribution < -0.4 is 18.9 Å². The van der Waals surface area contributed by atoms with Crippen LogP contribution in [-0.2, 0) is 18.9 Å². The third-order valence-electron chi connectivity index (χ3n) is 17.3. The van der Waals surface area contributed by atoms with Gasteiger partial charge in [-0.1, -0.05) is 6.07 Å². The minimum atomic E-state index is -1.59. The number of fused-ring (bicyclic) bond motifs is 3. The predicted octanol–water partition coefficient (Wildman–Crippen LogP) is 15.2. The van der Waals surface area contributed by atoms with Crippen molar-refractivity contribution in [2.24, 2.45) is 0 Å². The number of carbonyl (C=O) groups is 2. The SMILES string of the molecule is O=Cc1c(F)ccc(O)c1F.O=Cc1c(F)ccc(OCCOC2CCCCO2)c1F.OC(c1c(F)ccc(OCCOC2CCCCO2)c1F)c1c[nH]c2ncc(Br)cc12.OCCOc1ccc(F)c(C(O)c2c[nH]c3ncc(-c4cccnc4)cc23)c1F.OCCOc1ccc(F)c(C(O)c2c[nH]c3ncc(Br)cc23)c1F. The molecule has 5 unspecified atom stereocenters. The molecule has 0 bridgehead atoms. The van der Waals surface area contributed by atoms with E-state index < -0.39 is 110 Å². The van der Waals surface area contributed by atoms with E-state index in [1.165, 1.54) is 24.7 Å². The zero-order valence-corrected chi connectivity index (χ0v) is 62.9. The van der Waals surface area contributed by atoms with E-state index in [1.807, 2.05) is 6.07 Å². The van der Waals surface area contributed by atoms with Gasteiger partial charge in [-0.2, -0.15) is 0 Å². The summed E-state index contributed by atoms with van der Waals surface area (Å²) < 4.78 is 183. The fourth-order valence-electron chi connectivity index (χ4n) is 11.7. The second kappa shape index (κ2) is 41.6. The molecule has 2 saturated heterocycles. The van der Waals surface area contributed by atoms with Crippen LogP contribution in [-0.4, -0.2) is 157 Å². The molecule has 0 radical (unpaired) electrons. The number of phenolic OH excluding ortho intramolecular Hbond substituents is 1. The summed E-state index contributed by atoms with van der Waals surface area (Å²) in [6, 6.07) is 19.2. The van der Waals surface area contributed by atoms with Gasteiger partial charge in [-0.3, -0.25) is 14.6 Å². The summed E-state index contributed by atoms with van der Waals surface area (Å²) in [5.74, 6) is -11.3. The van der Waals surface area contributed by atoms with Crippen molar-refractivity contribution in [3.63, 3.8) is 0 Å². The van der Waals surface area contributed by atoms with Crippen molar-refractivity contribution in [3.05, 3.63) is 252 Å². The number of aldehydes is 2. The van der Waals surface area contributed by atoms with Crippen molar-refractivity contribution in [3.8, 4) is 39.9 Å². The van der Waals surface area contributed by atoms with Crippen molar-refractivity contribution >= 4 is 77.5 Å². The molecule has 0 saturated carbocycles. The number of benzene rings is 5. The van der Waals surface area contributed by atoms with E-state index in [9.17, 15) is 64.4 Å². The number of phenols is 1. The fraction of sp³-hybridized carbons (Fsp3) is 0.266. The lowest BCUT2D eigenvalue weighted by atomic mass is 9.99. The van der Waals surface area contributed by atoms with Crippen molar-refractivity contribution in [2.45, 2.75) is 69.4 Å². The Kier molecular flexibility index (Phi) is 31.3. The van der Waals surface area contributed by atoms with Crippen LogP contribution in [0, 0.1) is 58.2 Å². The highest BCUT2D eigenvalue weighted by atomic mass is 79.9. The number of halogens is 12. The summed E-state index contributed by atoms with van der Waals surface area (Å²) in [5.41, 5.74) is 0.995. The Bertz CT molecular complexity index is 5240. The number of aromatic amines is 3. The molecule has 2 fully saturated rings. The first-order valence-corrected chi connectivity index (χ1v) is 36.5. The number of H-pyrrole nitrogens is 3. The standard InChI is InChI=1S/C21H21BrF2N2O4.C21H17F2N3O3.C16H13BrF2N2O3.C14H16F2O4.C7H4F2O2/c22-12-9-13-14(11-26-21(13)25-10-12)20(27)18-15(23)4-5-16(19(18)24)28-7-8-30-17-3-1-2-6-29-17;22-16-3-4-17(29-7-6-27)19(23)18(16)20(28)15-11-26-21-14(15)8-13(10-25-21)12-2-1-5-24-9-12;17-8-5-9-10(7-21-16(9)20-6-8)15(23)13-11(18)1-2-12(14(13)19)24-4-3-22;15-11-4-5-12(14(16)10(11)9-17)18-7-8-20-13-3-1-2-6-19-13;8-5-1-2-6(11)7(9)4(5)3-10/h4-5,9-11,17,20,27H,1-3,6-8H2,(H,25,26);1-5,8-11,20,27-28H,6-7H2,(H,25,26);1-2,5-7,15,22-23H,3-4H2,(H,20,21);4-5,9,13H,1-3,6-8H2;1-3,11H. The van der Waals surface area contributed by atoms with Gasteiger partial charge in [0, 0.05) is 116 Å². The number of hydrogen-bond acceptors (Lipinski definition) is 20. The molecule has 9 N–H and O–H groups in total. The molecule has 9 heterocycles. The average molecular weight is 1720 g/mol. The summed E-state index contributed by atoms with van der Waals surface area (Å²) in [6.45, 7) is 1.05. The molecule has 2 aliphatic heterocycles. The van der Waals surface area contributed by atoms with Crippen molar-refractivity contribution in [1.82, 2.24) is 34.9 Å². The molecule has 12 aromatic rings. The van der Waals surface area contributed by atoms with Gasteiger partial charge in [0.05, 0.1) is 54.2 Å². The van der Waals surface area contributed by atoms with Crippen LogP contribution in [0.3, 0.4) is 0 Å².